The standard InChI is InChI=1S/C14H26N4O/c1-12(9-15-10-13-5-4-8-19-13)18(3)11-14-16-6-7-17(14)2/h6-7,12-13,15H,4-5,8-11H2,1-3H3. The van der Waals surface area contributed by atoms with Crippen LogP contribution in [0.2, 0.25) is 0 Å². The normalized spacial score (nSPS) is 21.2. The maximum absolute atomic E-state index is 5.61. The van der Waals surface area contributed by atoms with E-state index in [0.717, 1.165) is 32.1 Å². The van der Waals surface area contributed by atoms with Crippen LogP contribution in [-0.2, 0) is 18.3 Å². The first-order valence-electron chi connectivity index (χ1n) is 7.15. The Kier molecular flexibility index (Phi) is 5.36. The number of hydrogen-bond donors (Lipinski definition) is 1. The van der Waals surface area contributed by atoms with Crippen LogP contribution >= 0.6 is 0 Å². The fourth-order valence-corrected chi connectivity index (χ4v) is 2.34. The molecule has 1 aliphatic rings. The Labute approximate surface area is 116 Å². The predicted octanol–water partition coefficient (Wildman–Crippen LogP) is 1.01. The van der Waals surface area contributed by atoms with Crippen LogP contribution in [-0.4, -0.2) is 53.3 Å². The molecule has 2 rings (SSSR count). The van der Waals surface area contributed by atoms with E-state index in [2.05, 4.69) is 33.7 Å². The number of aromatic nitrogens is 2. The molecule has 0 saturated carbocycles. The molecule has 2 atom stereocenters. The first kappa shape index (κ1) is 14.5. The van der Waals surface area contributed by atoms with Crippen molar-refractivity contribution in [1.29, 1.82) is 0 Å². The topological polar surface area (TPSA) is 42.3 Å². The van der Waals surface area contributed by atoms with Crippen molar-refractivity contribution in [1.82, 2.24) is 19.8 Å². The molecule has 0 amide bonds. The summed E-state index contributed by atoms with van der Waals surface area (Å²) in [4.78, 5) is 6.69. The van der Waals surface area contributed by atoms with Crippen LogP contribution in [0.25, 0.3) is 0 Å². The van der Waals surface area contributed by atoms with E-state index in [0.29, 0.717) is 12.1 Å². The van der Waals surface area contributed by atoms with Gasteiger partial charge in [-0.2, -0.15) is 0 Å². The maximum atomic E-state index is 5.61. The summed E-state index contributed by atoms with van der Waals surface area (Å²) in [7, 11) is 4.18. The van der Waals surface area contributed by atoms with Crippen molar-refractivity contribution in [3.05, 3.63) is 18.2 Å². The van der Waals surface area contributed by atoms with Crippen LogP contribution in [0.1, 0.15) is 25.6 Å². The zero-order valence-corrected chi connectivity index (χ0v) is 12.3. The van der Waals surface area contributed by atoms with E-state index in [4.69, 9.17) is 4.74 Å². The summed E-state index contributed by atoms with van der Waals surface area (Å²) in [5.41, 5.74) is 0. The van der Waals surface area contributed by atoms with Gasteiger partial charge in [0, 0.05) is 45.2 Å². The number of ether oxygens (including phenoxy) is 1. The fourth-order valence-electron chi connectivity index (χ4n) is 2.34. The zero-order chi connectivity index (χ0) is 13.7. The Bertz CT molecular complexity index is 373. The minimum Gasteiger partial charge on any atom is -0.377 e. The van der Waals surface area contributed by atoms with Gasteiger partial charge < -0.3 is 14.6 Å². The summed E-state index contributed by atoms with van der Waals surface area (Å²) in [6.45, 7) is 6.01. The number of rotatable bonds is 7. The van der Waals surface area contributed by atoms with Gasteiger partial charge in [0.05, 0.1) is 12.6 Å². The Balaban J connectivity index is 1.67. The van der Waals surface area contributed by atoms with Gasteiger partial charge in [-0.1, -0.05) is 0 Å². The second-order valence-corrected chi connectivity index (χ2v) is 5.51. The highest BCUT2D eigenvalue weighted by Gasteiger charge is 2.16. The van der Waals surface area contributed by atoms with Crippen molar-refractivity contribution in [3.63, 3.8) is 0 Å². The molecule has 5 heteroatoms. The number of imidazole rings is 1. The third kappa shape index (κ3) is 4.30. The van der Waals surface area contributed by atoms with Crippen molar-refractivity contribution in [2.75, 3.05) is 26.7 Å². The minimum atomic E-state index is 0.423. The Morgan fingerprint density at radius 3 is 3.11 bits per heavy atom. The average molecular weight is 266 g/mol. The summed E-state index contributed by atoms with van der Waals surface area (Å²) < 4.78 is 7.68. The smallest absolute Gasteiger partial charge is 0.122 e. The SMILES string of the molecule is CC(CNCC1CCCO1)N(C)Cc1nccn1C. The molecule has 1 N–H and O–H groups in total. The Morgan fingerprint density at radius 1 is 1.63 bits per heavy atom. The lowest BCUT2D eigenvalue weighted by molar-refractivity contribution is 0.107. The summed E-state index contributed by atoms with van der Waals surface area (Å²) >= 11 is 0. The van der Waals surface area contributed by atoms with E-state index in [9.17, 15) is 0 Å². The molecule has 1 aromatic rings. The van der Waals surface area contributed by atoms with Crippen LogP contribution in [0.15, 0.2) is 12.4 Å². The summed E-state index contributed by atoms with van der Waals surface area (Å²) in [5.74, 6) is 1.11. The molecule has 0 bridgehead atoms. The third-order valence-corrected chi connectivity index (χ3v) is 3.90. The Morgan fingerprint density at radius 2 is 2.47 bits per heavy atom. The molecule has 0 aliphatic carbocycles. The van der Waals surface area contributed by atoms with Gasteiger partial charge in [0.25, 0.3) is 0 Å². The zero-order valence-electron chi connectivity index (χ0n) is 12.3. The first-order valence-corrected chi connectivity index (χ1v) is 7.15. The molecule has 0 spiro atoms. The number of hydrogen-bond acceptors (Lipinski definition) is 4. The summed E-state index contributed by atoms with van der Waals surface area (Å²) in [5, 5.41) is 3.51. The van der Waals surface area contributed by atoms with Gasteiger partial charge in [0.2, 0.25) is 0 Å². The highest BCUT2D eigenvalue weighted by Crippen LogP contribution is 2.10. The molecule has 1 aromatic heterocycles. The molecule has 1 fully saturated rings. The highest BCUT2D eigenvalue weighted by atomic mass is 16.5. The van der Waals surface area contributed by atoms with Gasteiger partial charge in [-0.15, -0.1) is 0 Å². The van der Waals surface area contributed by atoms with Crippen LogP contribution in [0.3, 0.4) is 0 Å². The lowest BCUT2D eigenvalue weighted by atomic mass is 10.2. The highest BCUT2D eigenvalue weighted by molar-refractivity contribution is 4.91. The maximum Gasteiger partial charge on any atom is 0.122 e. The molecule has 19 heavy (non-hydrogen) atoms. The second-order valence-electron chi connectivity index (χ2n) is 5.51. The van der Waals surface area contributed by atoms with Gasteiger partial charge >= 0.3 is 0 Å². The van der Waals surface area contributed by atoms with Crippen molar-refractivity contribution in [2.24, 2.45) is 7.05 Å². The van der Waals surface area contributed by atoms with Crippen LogP contribution in [0.4, 0.5) is 0 Å². The number of aryl methyl sites for hydroxylation is 1. The van der Waals surface area contributed by atoms with Crippen LogP contribution in [0, 0.1) is 0 Å². The molecule has 5 nitrogen and oxygen atoms in total. The number of nitrogens with zero attached hydrogens (tertiary/aromatic N) is 3. The van der Waals surface area contributed by atoms with Gasteiger partial charge in [0.15, 0.2) is 0 Å². The third-order valence-electron chi connectivity index (χ3n) is 3.90. The predicted molar refractivity (Wildman–Crippen MR) is 76.0 cm³/mol. The summed E-state index contributed by atoms with van der Waals surface area (Å²) in [6.07, 6.45) is 6.67. The van der Waals surface area contributed by atoms with Gasteiger partial charge in [-0.3, -0.25) is 4.90 Å². The van der Waals surface area contributed by atoms with Crippen molar-refractivity contribution < 1.29 is 4.74 Å². The van der Waals surface area contributed by atoms with Gasteiger partial charge in [-0.05, 0) is 26.8 Å². The van der Waals surface area contributed by atoms with E-state index in [-0.39, 0.29) is 0 Å². The Hall–Kier alpha value is -0.910. The largest absolute Gasteiger partial charge is 0.377 e. The number of likely N-dealkylation sites (N-methyl/N-ethyl adjacent to an activating group) is 1. The minimum absolute atomic E-state index is 0.423. The average Bonchev–Trinajstić information content (AvgIpc) is 3.02. The van der Waals surface area contributed by atoms with Crippen LogP contribution < -0.4 is 5.32 Å². The molecular formula is C14H26N4O. The fraction of sp³-hybridized carbons (Fsp3) is 0.786. The lowest BCUT2D eigenvalue weighted by Gasteiger charge is -2.25. The summed E-state index contributed by atoms with van der Waals surface area (Å²) in [6, 6.07) is 0.484. The van der Waals surface area contributed by atoms with Gasteiger partial charge in [-0.25, -0.2) is 4.98 Å². The van der Waals surface area contributed by atoms with E-state index >= 15 is 0 Å². The van der Waals surface area contributed by atoms with Crippen molar-refractivity contribution >= 4 is 0 Å². The molecule has 2 heterocycles. The monoisotopic (exact) mass is 266 g/mol. The van der Waals surface area contributed by atoms with Gasteiger partial charge in [0.1, 0.15) is 5.82 Å². The lowest BCUT2D eigenvalue weighted by Crippen LogP contribution is -2.40. The van der Waals surface area contributed by atoms with Crippen molar-refractivity contribution in [2.45, 2.75) is 38.5 Å². The van der Waals surface area contributed by atoms with E-state index in [1.165, 1.54) is 12.8 Å². The van der Waals surface area contributed by atoms with Crippen LogP contribution in [0.5, 0.6) is 0 Å². The number of nitrogens with one attached hydrogen (secondary N) is 1. The van der Waals surface area contributed by atoms with E-state index in [1.54, 1.807) is 0 Å². The molecule has 0 radical (unpaired) electrons. The molecule has 108 valence electrons. The molecule has 1 saturated heterocycles. The van der Waals surface area contributed by atoms with Crippen molar-refractivity contribution in [3.8, 4) is 0 Å². The van der Waals surface area contributed by atoms with E-state index < -0.39 is 0 Å². The second kappa shape index (κ2) is 7.03. The quantitative estimate of drug-likeness (QED) is 0.800. The molecular weight excluding hydrogens is 240 g/mol. The first-order chi connectivity index (χ1) is 9.16. The van der Waals surface area contributed by atoms with E-state index in [1.807, 2.05) is 19.4 Å². The molecule has 1 aliphatic heterocycles. The molecule has 2 unspecified atom stereocenters. The molecule has 0 aromatic carbocycles.